The Morgan fingerprint density at radius 2 is 1.43 bits per heavy atom. The number of carbonyl (C=O) groups excluding carboxylic acids is 2. The van der Waals surface area contributed by atoms with Gasteiger partial charge in [0.1, 0.15) is 24.1 Å². The molecule has 1 atom stereocenters. The molecule has 4 aromatic rings. The Bertz CT molecular complexity index is 1720. The maximum Gasteiger partial charge on any atom is 0.264 e. The second-order valence-electron chi connectivity index (χ2n) is 12.1. The number of nitrogens with one attached hydrogen (secondary N) is 1. The predicted molar refractivity (Wildman–Crippen MR) is 184 cm³/mol. The monoisotopic (exact) mass is 657 g/mol. The number of carbonyl (C=O) groups is 2. The first kappa shape index (κ1) is 35.0. The first-order valence-corrected chi connectivity index (χ1v) is 16.9. The molecule has 4 aromatic carbocycles. The molecule has 9 nitrogen and oxygen atoms in total. The summed E-state index contributed by atoms with van der Waals surface area (Å²) in [6, 6.07) is 30.3. The molecule has 0 aliphatic rings. The first-order valence-electron chi connectivity index (χ1n) is 15.5. The summed E-state index contributed by atoms with van der Waals surface area (Å²) in [5.74, 6) is 0.235. The number of hydrogen-bond acceptors (Lipinski definition) is 6. The van der Waals surface area contributed by atoms with Crippen molar-refractivity contribution in [2.24, 2.45) is 0 Å². The van der Waals surface area contributed by atoms with Crippen LogP contribution in [0.2, 0.25) is 0 Å². The lowest BCUT2D eigenvalue weighted by Gasteiger charge is -2.35. The second-order valence-corrected chi connectivity index (χ2v) is 13.9. The SMILES string of the molecule is CCOc1ccc(S(=O)(=O)N(CC(=O)N(Cc2cccc(OC)c2)C(Cc2ccccc2)C(=O)NC(C)(C)C)c2ccccc2)cc1. The van der Waals surface area contributed by atoms with E-state index in [0.717, 1.165) is 15.4 Å². The maximum absolute atomic E-state index is 14.6. The molecule has 0 aliphatic carbocycles. The molecule has 1 unspecified atom stereocenters. The molecule has 2 amide bonds. The average molecular weight is 658 g/mol. The number of benzene rings is 4. The van der Waals surface area contributed by atoms with E-state index in [2.05, 4.69) is 5.32 Å². The molecule has 1 N–H and O–H groups in total. The Morgan fingerprint density at radius 1 is 0.809 bits per heavy atom. The van der Waals surface area contributed by atoms with Gasteiger partial charge in [0.05, 0.1) is 24.3 Å². The van der Waals surface area contributed by atoms with Gasteiger partial charge in [-0.15, -0.1) is 0 Å². The van der Waals surface area contributed by atoms with Crippen molar-refractivity contribution in [2.75, 3.05) is 24.6 Å². The third kappa shape index (κ3) is 9.59. The van der Waals surface area contributed by atoms with E-state index in [4.69, 9.17) is 9.47 Å². The lowest BCUT2D eigenvalue weighted by atomic mass is 10.0. The van der Waals surface area contributed by atoms with Gasteiger partial charge in [-0.3, -0.25) is 13.9 Å². The van der Waals surface area contributed by atoms with Crippen LogP contribution in [0.25, 0.3) is 0 Å². The number of nitrogens with zero attached hydrogens (tertiary/aromatic N) is 2. The van der Waals surface area contributed by atoms with Crippen LogP contribution in [0.3, 0.4) is 0 Å². The summed E-state index contributed by atoms with van der Waals surface area (Å²) >= 11 is 0. The van der Waals surface area contributed by atoms with Gasteiger partial charge < -0.3 is 19.7 Å². The minimum Gasteiger partial charge on any atom is -0.497 e. The molecule has 10 heteroatoms. The molecule has 0 spiro atoms. The zero-order chi connectivity index (χ0) is 34.0. The van der Waals surface area contributed by atoms with Crippen molar-refractivity contribution >= 4 is 27.5 Å². The van der Waals surface area contributed by atoms with Crippen LogP contribution in [0.1, 0.15) is 38.8 Å². The quantitative estimate of drug-likeness (QED) is 0.183. The topological polar surface area (TPSA) is 105 Å². The fourth-order valence-corrected chi connectivity index (χ4v) is 6.51. The average Bonchev–Trinajstić information content (AvgIpc) is 3.05. The van der Waals surface area contributed by atoms with Crippen LogP contribution < -0.4 is 19.1 Å². The molecule has 0 bridgehead atoms. The molecular formula is C37H43N3O6S. The van der Waals surface area contributed by atoms with Crippen molar-refractivity contribution in [3.63, 3.8) is 0 Å². The largest absolute Gasteiger partial charge is 0.497 e. The van der Waals surface area contributed by atoms with E-state index >= 15 is 0 Å². The van der Waals surface area contributed by atoms with Crippen molar-refractivity contribution in [3.05, 3.63) is 120 Å². The number of sulfonamides is 1. The summed E-state index contributed by atoms with van der Waals surface area (Å²) in [6.45, 7) is 7.40. The highest BCUT2D eigenvalue weighted by molar-refractivity contribution is 7.92. The normalized spacial score (nSPS) is 12.1. The van der Waals surface area contributed by atoms with Crippen LogP contribution in [0, 0.1) is 0 Å². The molecule has 0 heterocycles. The Balaban J connectivity index is 1.80. The van der Waals surface area contributed by atoms with Crippen molar-refractivity contribution < 1.29 is 27.5 Å². The lowest BCUT2D eigenvalue weighted by Crippen LogP contribution is -2.56. The lowest BCUT2D eigenvalue weighted by molar-refractivity contribution is -0.140. The zero-order valence-electron chi connectivity index (χ0n) is 27.6. The van der Waals surface area contributed by atoms with Crippen molar-refractivity contribution in [1.29, 1.82) is 0 Å². The highest BCUT2D eigenvalue weighted by atomic mass is 32.2. The van der Waals surface area contributed by atoms with Gasteiger partial charge in [0, 0.05) is 18.5 Å². The van der Waals surface area contributed by atoms with E-state index in [-0.39, 0.29) is 23.8 Å². The highest BCUT2D eigenvalue weighted by Gasteiger charge is 2.35. The molecule has 248 valence electrons. The third-order valence-corrected chi connectivity index (χ3v) is 9.09. The maximum atomic E-state index is 14.6. The minimum atomic E-state index is -4.22. The van der Waals surface area contributed by atoms with Gasteiger partial charge in [-0.05, 0) is 87.4 Å². The van der Waals surface area contributed by atoms with Crippen molar-refractivity contribution in [2.45, 2.75) is 57.1 Å². The van der Waals surface area contributed by atoms with E-state index in [1.807, 2.05) is 70.2 Å². The summed E-state index contributed by atoms with van der Waals surface area (Å²) in [7, 11) is -2.67. The van der Waals surface area contributed by atoms with Crippen LogP contribution >= 0.6 is 0 Å². The number of ether oxygens (including phenoxy) is 2. The standard InChI is InChI=1S/C37H43N3O6S/c1-6-46-31-20-22-33(23-21-31)47(43,44)40(30-17-11-8-12-18-30)27-35(41)39(26-29-16-13-19-32(24-29)45-5)34(36(42)38-37(2,3)4)25-28-14-9-7-10-15-28/h7-24,34H,6,25-27H2,1-5H3,(H,38,42). The molecule has 0 radical (unpaired) electrons. The fourth-order valence-electron chi connectivity index (χ4n) is 5.10. The van der Waals surface area contributed by atoms with Gasteiger partial charge in [-0.2, -0.15) is 0 Å². The van der Waals surface area contributed by atoms with Crippen LogP contribution in [0.15, 0.2) is 114 Å². The van der Waals surface area contributed by atoms with E-state index in [1.165, 1.54) is 17.0 Å². The summed E-state index contributed by atoms with van der Waals surface area (Å²) < 4.78 is 40.4. The zero-order valence-corrected chi connectivity index (χ0v) is 28.4. The van der Waals surface area contributed by atoms with Gasteiger partial charge >= 0.3 is 0 Å². The van der Waals surface area contributed by atoms with Crippen LogP contribution in [-0.2, 0) is 32.6 Å². The van der Waals surface area contributed by atoms with Gasteiger partial charge in [-0.25, -0.2) is 8.42 Å². The minimum absolute atomic E-state index is 0.00302. The van der Waals surface area contributed by atoms with E-state index in [9.17, 15) is 18.0 Å². The first-order chi connectivity index (χ1) is 22.4. The molecule has 47 heavy (non-hydrogen) atoms. The van der Waals surface area contributed by atoms with Crippen LogP contribution in [0.4, 0.5) is 5.69 Å². The summed E-state index contributed by atoms with van der Waals surface area (Å²) in [5, 5.41) is 3.04. The summed E-state index contributed by atoms with van der Waals surface area (Å²) in [6.07, 6.45) is 0.218. The molecular weight excluding hydrogens is 614 g/mol. The van der Waals surface area contributed by atoms with E-state index < -0.39 is 34.1 Å². The highest BCUT2D eigenvalue weighted by Crippen LogP contribution is 2.27. The number of para-hydroxylation sites is 1. The fraction of sp³-hybridized carbons (Fsp3) is 0.297. The summed E-state index contributed by atoms with van der Waals surface area (Å²) in [4.78, 5) is 30.1. The Hall–Kier alpha value is -4.83. The molecule has 0 fully saturated rings. The van der Waals surface area contributed by atoms with Gasteiger partial charge in [-0.1, -0.05) is 60.7 Å². The number of rotatable bonds is 14. The Labute approximate surface area is 278 Å². The predicted octanol–water partition coefficient (Wildman–Crippen LogP) is 5.84. The van der Waals surface area contributed by atoms with Gasteiger partial charge in [0.15, 0.2) is 0 Å². The van der Waals surface area contributed by atoms with E-state index in [0.29, 0.717) is 23.8 Å². The second kappa shape index (κ2) is 15.6. The number of hydrogen-bond donors (Lipinski definition) is 1. The van der Waals surface area contributed by atoms with E-state index in [1.54, 1.807) is 61.7 Å². The Morgan fingerprint density at radius 3 is 2.02 bits per heavy atom. The van der Waals surface area contributed by atoms with Gasteiger partial charge in [0.25, 0.3) is 10.0 Å². The number of amides is 2. The van der Waals surface area contributed by atoms with Gasteiger partial charge in [0.2, 0.25) is 11.8 Å². The van der Waals surface area contributed by atoms with Crippen LogP contribution in [0.5, 0.6) is 11.5 Å². The van der Waals surface area contributed by atoms with Crippen LogP contribution in [-0.4, -0.2) is 57.0 Å². The Kier molecular flexibility index (Phi) is 11.7. The smallest absolute Gasteiger partial charge is 0.264 e. The molecule has 4 rings (SSSR count). The number of methoxy groups -OCH3 is 1. The molecule has 0 saturated carbocycles. The summed E-state index contributed by atoms with van der Waals surface area (Å²) in [5.41, 5.74) is 1.31. The van der Waals surface area contributed by atoms with Crippen molar-refractivity contribution in [1.82, 2.24) is 10.2 Å². The molecule has 0 aromatic heterocycles. The number of anilines is 1. The van der Waals surface area contributed by atoms with Crippen molar-refractivity contribution in [3.8, 4) is 11.5 Å². The third-order valence-electron chi connectivity index (χ3n) is 7.30. The molecule has 0 saturated heterocycles. The molecule has 0 aliphatic heterocycles.